The number of carbonyl (C=O) groups excluding carboxylic acids is 1. The van der Waals surface area contributed by atoms with Gasteiger partial charge in [0, 0.05) is 11.3 Å². The molecular weight excluding hydrogens is 314 g/mol. The highest BCUT2D eigenvalue weighted by atomic mass is 32.1. The van der Waals surface area contributed by atoms with E-state index in [-0.39, 0.29) is 11.9 Å². The summed E-state index contributed by atoms with van der Waals surface area (Å²) in [6.07, 6.45) is 2.63. The Morgan fingerprint density at radius 2 is 2.09 bits per heavy atom. The number of nitrogens with one attached hydrogen (secondary N) is 1. The van der Waals surface area contributed by atoms with Crippen molar-refractivity contribution in [3.8, 4) is 11.9 Å². The Morgan fingerprint density at radius 3 is 2.74 bits per heavy atom. The van der Waals surface area contributed by atoms with Crippen molar-refractivity contribution in [3.05, 3.63) is 28.1 Å². The summed E-state index contributed by atoms with van der Waals surface area (Å²) in [4.78, 5) is 21.6. The number of hydrogen-bond acceptors (Lipinski definition) is 6. The molecular formula is C16H21N3O3S. The van der Waals surface area contributed by atoms with Gasteiger partial charge >= 0.3 is 6.01 Å². The first-order valence-electron chi connectivity index (χ1n) is 7.59. The smallest absolute Gasteiger partial charge is 0.319 e. The second-order valence-corrected chi connectivity index (χ2v) is 5.81. The molecule has 6 nitrogen and oxygen atoms in total. The normalized spacial score (nSPS) is 10.4. The van der Waals surface area contributed by atoms with Gasteiger partial charge in [0.15, 0.2) is 0 Å². The second kappa shape index (κ2) is 8.47. The van der Waals surface area contributed by atoms with Crippen LogP contribution in [0.5, 0.6) is 11.9 Å². The summed E-state index contributed by atoms with van der Waals surface area (Å²) in [5.74, 6) is 0.234. The molecule has 2 heterocycles. The third-order valence-corrected chi connectivity index (χ3v) is 4.19. The molecule has 2 aromatic rings. The molecule has 0 aliphatic carbocycles. The molecule has 124 valence electrons. The van der Waals surface area contributed by atoms with Crippen molar-refractivity contribution in [2.24, 2.45) is 0 Å². The fourth-order valence-corrected chi connectivity index (χ4v) is 2.89. The summed E-state index contributed by atoms with van der Waals surface area (Å²) in [5, 5.41) is 4.84. The van der Waals surface area contributed by atoms with Crippen LogP contribution >= 0.6 is 11.3 Å². The van der Waals surface area contributed by atoms with Gasteiger partial charge in [0.25, 0.3) is 0 Å². The van der Waals surface area contributed by atoms with E-state index in [1.807, 2.05) is 19.2 Å². The first kappa shape index (κ1) is 17.2. The number of aryl methyl sites for hydroxylation is 2. The molecule has 0 aromatic carbocycles. The van der Waals surface area contributed by atoms with Gasteiger partial charge in [-0.15, -0.1) is 11.3 Å². The molecule has 0 saturated carbocycles. The van der Waals surface area contributed by atoms with Crippen LogP contribution in [0.2, 0.25) is 0 Å². The molecule has 1 amide bonds. The number of rotatable bonds is 8. The Balaban J connectivity index is 2.00. The van der Waals surface area contributed by atoms with Gasteiger partial charge in [-0.2, -0.15) is 4.98 Å². The van der Waals surface area contributed by atoms with Crippen LogP contribution in [0, 0.1) is 6.92 Å². The van der Waals surface area contributed by atoms with Gasteiger partial charge < -0.3 is 14.8 Å². The summed E-state index contributed by atoms with van der Waals surface area (Å²) in [6.45, 7) is 6.67. The summed E-state index contributed by atoms with van der Waals surface area (Å²) in [6, 6.07) is 2.30. The van der Waals surface area contributed by atoms with Gasteiger partial charge in [-0.3, -0.25) is 4.79 Å². The average Bonchev–Trinajstić information content (AvgIpc) is 2.94. The Kier molecular flexibility index (Phi) is 6.34. The predicted molar refractivity (Wildman–Crippen MR) is 90.4 cm³/mol. The zero-order chi connectivity index (χ0) is 16.7. The van der Waals surface area contributed by atoms with Crippen molar-refractivity contribution >= 4 is 22.9 Å². The van der Waals surface area contributed by atoms with Crippen LogP contribution in [0.25, 0.3) is 0 Å². The Morgan fingerprint density at radius 1 is 1.30 bits per heavy atom. The molecule has 0 atom stereocenters. The van der Waals surface area contributed by atoms with E-state index >= 15 is 0 Å². The largest absolute Gasteiger partial charge is 0.476 e. The van der Waals surface area contributed by atoms with Crippen molar-refractivity contribution < 1.29 is 14.3 Å². The molecule has 0 radical (unpaired) electrons. The maximum atomic E-state index is 12.1. The predicted octanol–water partition coefficient (Wildman–Crippen LogP) is 3.22. The standard InChI is InChI=1S/C16H21N3O3S/c1-4-21-15-12(10-17-16(19-15)22-5-2)18-14(20)7-6-13-11(3)8-9-23-13/h8-10H,4-7H2,1-3H3,(H,18,20). The van der Waals surface area contributed by atoms with E-state index in [4.69, 9.17) is 9.47 Å². The van der Waals surface area contributed by atoms with E-state index in [0.717, 1.165) is 6.42 Å². The van der Waals surface area contributed by atoms with E-state index in [2.05, 4.69) is 28.3 Å². The second-order valence-electron chi connectivity index (χ2n) is 4.81. The summed E-state index contributed by atoms with van der Waals surface area (Å²) >= 11 is 1.67. The SMILES string of the molecule is CCOc1ncc(NC(=O)CCc2sccc2C)c(OCC)n1. The highest BCUT2D eigenvalue weighted by molar-refractivity contribution is 7.10. The number of ether oxygens (including phenoxy) is 2. The lowest BCUT2D eigenvalue weighted by Crippen LogP contribution is -2.14. The lowest BCUT2D eigenvalue weighted by Gasteiger charge is -2.11. The number of aromatic nitrogens is 2. The number of nitrogens with zero attached hydrogens (tertiary/aromatic N) is 2. The molecule has 0 spiro atoms. The zero-order valence-electron chi connectivity index (χ0n) is 13.6. The van der Waals surface area contributed by atoms with Gasteiger partial charge in [-0.1, -0.05) is 0 Å². The van der Waals surface area contributed by atoms with E-state index in [1.54, 1.807) is 11.3 Å². The van der Waals surface area contributed by atoms with Gasteiger partial charge in [0.1, 0.15) is 5.69 Å². The number of anilines is 1. The van der Waals surface area contributed by atoms with Crippen LogP contribution in [-0.4, -0.2) is 29.1 Å². The minimum Gasteiger partial charge on any atom is -0.476 e. The fourth-order valence-electron chi connectivity index (χ4n) is 1.98. The first-order chi connectivity index (χ1) is 11.1. The minimum absolute atomic E-state index is 0.0912. The van der Waals surface area contributed by atoms with Crippen molar-refractivity contribution in [1.29, 1.82) is 0 Å². The number of carbonyl (C=O) groups is 1. The number of hydrogen-bond donors (Lipinski definition) is 1. The van der Waals surface area contributed by atoms with Crippen LogP contribution < -0.4 is 14.8 Å². The topological polar surface area (TPSA) is 73.3 Å². The zero-order valence-corrected chi connectivity index (χ0v) is 14.4. The van der Waals surface area contributed by atoms with Gasteiger partial charge in [-0.05, 0) is 44.2 Å². The van der Waals surface area contributed by atoms with Crippen molar-refractivity contribution in [2.45, 2.75) is 33.6 Å². The lowest BCUT2D eigenvalue weighted by molar-refractivity contribution is -0.116. The van der Waals surface area contributed by atoms with Crippen molar-refractivity contribution in [2.75, 3.05) is 18.5 Å². The highest BCUT2D eigenvalue weighted by Crippen LogP contribution is 2.24. The molecule has 0 saturated heterocycles. The van der Waals surface area contributed by atoms with E-state index < -0.39 is 0 Å². The van der Waals surface area contributed by atoms with E-state index in [0.29, 0.717) is 31.2 Å². The average molecular weight is 335 g/mol. The fraction of sp³-hybridized carbons (Fsp3) is 0.438. The first-order valence-corrected chi connectivity index (χ1v) is 8.47. The molecule has 0 unspecified atom stereocenters. The Hall–Kier alpha value is -2.15. The molecule has 0 aliphatic rings. The summed E-state index contributed by atoms with van der Waals surface area (Å²) in [5.41, 5.74) is 1.69. The molecule has 2 rings (SSSR count). The molecule has 1 N–H and O–H groups in total. The third-order valence-electron chi connectivity index (χ3n) is 3.11. The van der Waals surface area contributed by atoms with Gasteiger partial charge in [0.2, 0.25) is 11.8 Å². The van der Waals surface area contributed by atoms with Crippen LogP contribution in [0.1, 0.15) is 30.7 Å². The van der Waals surface area contributed by atoms with Gasteiger partial charge in [-0.25, -0.2) is 4.98 Å². The number of amides is 1. The monoisotopic (exact) mass is 335 g/mol. The van der Waals surface area contributed by atoms with E-state index in [1.165, 1.54) is 16.6 Å². The molecule has 2 aromatic heterocycles. The Bertz CT molecular complexity index is 658. The van der Waals surface area contributed by atoms with Crippen molar-refractivity contribution in [3.63, 3.8) is 0 Å². The molecule has 0 bridgehead atoms. The number of thiophene rings is 1. The maximum Gasteiger partial charge on any atom is 0.319 e. The van der Waals surface area contributed by atoms with E-state index in [9.17, 15) is 4.79 Å². The summed E-state index contributed by atoms with van der Waals surface area (Å²) in [7, 11) is 0. The van der Waals surface area contributed by atoms with Crippen LogP contribution in [0.3, 0.4) is 0 Å². The molecule has 0 fully saturated rings. The van der Waals surface area contributed by atoms with Crippen molar-refractivity contribution in [1.82, 2.24) is 9.97 Å². The minimum atomic E-state index is -0.0912. The van der Waals surface area contributed by atoms with Crippen LogP contribution in [0.15, 0.2) is 17.6 Å². The maximum absolute atomic E-state index is 12.1. The van der Waals surface area contributed by atoms with Gasteiger partial charge in [0.05, 0.1) is 19.4 Å². The quantitative estimate of drug-likeness (QED) is 0.802. The highest BCUT2D eigenvalue weighted by Gasteiger charge is 2.13. The van der Waals surface area contributed by atoms with Crippen LogP contribution in [-0.2, 0) is 11.2 Å². The van der Waals surface area contributed by atoms with Crippen LogP contribution in [0.4, 0.5) is 5.69 Å². The molecule has 7 heteroatoms. The molecule has 23 heavy (non-hydrogen) atoms. The molecule has 0 aliphatic heterocycles. The summed E-state index contributed by atoms with van der Waals surface area (Å²) < 4.78 is 10.7. The third kappa shape index (κ3) is 4.92. The lowest BCUT2D eigenvalue weighted by atomic mass is 10.2. The Labute approximate surface area is 139 Å².